The van der Waals surface area contributed by atoms with Gasteiger partial charge in [-0.3, -0.25) is 19.5 Å². The molecule has 2 amide bonds. The van der Waals surface area contributed by atoms with E-state index in [0.717, 1.165) is 38.9 Å². The number of thiophene rings is 1. The van der Waals surface area contributed by atoms with Crippen molar-refractivity contribution < 1.29 is 9.59 Å². The summed E-state index contributed by atoms with van der Waals surface area (Å²) in [5.74, 6) is -0.171. The summed E-state index contributed by atoms with van der Waals surface area (Å²) in [5, 5.41) is 6.02. The number of nitrogens with one attached hydrogen (secondary N) is 1. The molecule has 0 radical (unpaired) electrons. The van der Waals surface area contributed by atoms with E-state index in [2.05, 4.69) is 23.3 Å². The Balaban J connectivity index is 1.42. The Morgan fingerprint density at radius 3 is 2.83 bits per heavy atom. The maximum Gasteiger partial charge on any atom is 0.266 e. The number of benzene rings is 1. The molecule has 1 aliphatic heterocycles. The van der Waals surface area contributed by atoms with Gasteiger partial charge in [0.1, 0.15) is 10.9 Å². The lowest BCUT2D eigenvalue weighted by atomic mass is 10.1. The van der Waals surface area contributed by atoms with Crippen LogP contribution in [0.2, 0.25) is 0 Å². The van der Waals surface area contributed by atoms with Crippen molar-refractivity contribution in [2.75, 3.05) is 0 Å². The van der Waals surface area contributed by atoms with Gasteiger partial charge in [0, 0.05) is 34.4 Å². The van der Waals surface area contributed by atoms with Gasteiger partial charge >= 0.3 is 0 Å². The number of aromatic nitrogens is 2. The topological polar surface area (TPSA) is 67.2 Å². The van der Waals surface area contributed by atoms with Crippen molar-refractivity contribution >= 4 is 68.4 Å². The van der Waals surface area contributed by atoms with Crippen LogP contribution in [0.25, 0.3) is 17.0 Å². The number of rotatable bonds is 8. The van der Waals surface area contributed by atoms with E-state index >= 15 is 0 Å². The van der Waals surface area contributed by atoms with Crippen LogP contribution in [-0.4, -0.2) is 30.6 Å². The van der Waals surface area contributed by atoms with Gasteiger partial charge in [-0.25, -0.2) is 0 Å². The van der Waals surface area contributed by atoms with Crippen molar-refractivity contribution in [3.05, 3.63) is 92.9 Å². The summed E-state index contributed by atoms with van der Waals surface area (Å²) in [6.45, 7) is 3.21. The van der Waals surface area contributed by atoms with Gasteiger partial charge in [-0.05, 0) is 41.1 Å². The summed E-state index contributed by atoms with van der Waals surface area (Å²) in [7, 11) is 0. The number of aryl methyl sites for hydroxylation is 1. The molecule has 0 unspecified atom stereocenters. The van der Waals surface area contributed by atoms with Gasteiger partial charge in [-0.15, -0.1) is 11.3 Å². The molecule has 0 spiro atoms. The predicted molar refractivity (Wildman–Crippen MR) is 150 cm³/mol. The highest BCUT2D eigenvalue weighted by atomic mass is 32.2. The molecule has 0 bridgehead atoms. The van der Waals surface area contributed by atoms with Crippen LogP contribution in [0.3, 0.4) is 0 Å². The minimum atomic E-state index is -0.116. The van der Waals surface area contributed by atoms with Crippen molar-refractivity contribution in [2.45, 2.75) is 33.0 Å². The molecule has 0 saturated carbocycles. The number of carbonyl (C=O) groups is 2. The van der Waals surface area contributed by atoms with Crippen LogP contribution in [-0.2, 0) is 35.6 Å². The largest absolute Gasteiger partial charge is 0.350 e. The van der Waals surface area contributed by atoms with Crippen LogP contribution in [0.4, 0.5) is 0 Å². The Kier molecular flexibility index (Phi) is 7.31. The summed E-state index contributed by atoms with van der Waals surface area (Å²) < 4.78 is 2.51. The van der Waals surface area contributed by atoms with Crippen LogP contribution >= 0.6 is 35.3 Å². The monoisotopic (exact) mass is 532 g/mol. The fourth-order valence-electron chi connectivity index (χ4n) is 4.25. The molecule has 1 aliphatic rings. The summed E-state index contributed by atoms with van der Waals surface area (Å²) in [5.41, 5.74) is 3.99. The summed E-state index contributed by atoms with van der Waals surface area (Å²) in [6, 6.07) is 13.9. The Hall–Kier alpha value is -3.27. The molecule has 4 heterocycles. The number of amides is 2. The predicted octanol–water partition coefficient (Wildman–Crippen LogP) is 5.38. The van der Waals surface area contributed by atoms with E-state index in [1.54, 1.807) is 28.6 Å². The Labute approximate surface area is 223 Å². The van der Waals surface area contributed by atoms with Crippen LogP contribution in [0, 0.1) is 0 Å². The first-order chi connectivity index (χ1) is 17.5. The Bertz CT molecular complexity index is 1460. The van der Waals surface area contributed by atoms with Gasteiger partial charge in [0.15, 0.2) is 0 Å². The third kappa shape index (κ3) is 5.13. The van der Waals surface area contributed by atoms with Crippen molar-refractivity contribution in [1.29, 1.82) is 0 Å². The molecule has 9 heteroatoms. The van der Waals surface area contributed by atoms with Gasteiger partial charge < -0.3 is 9.88 Å². The molecule has 1 N–H and O–H groups in total. The first-order valence-corrected chi connectivity index (χ1v) is 13.7. The fraction of sp³-hybridized carbons (Fsp3) is 0.185. The number of para-hydroxylation sites is 1. The van der Waals surface area contributed by atoms with Gasteiger partial charge in [0.05, 0.1) is 23.5 Å². The van der Waals surface area contributed by atoms with E-state index in [-0.39, 0.29) is 18.4 Å². The zero-order valence-corrected chi connectivity index (χ0v) is 22.1. The number of pyridine rings is 1. The van der Waals surface area contributed by atoms with Crippen molar-refractivity contribution in [3.63, 3.8) is 0 Å². The first-order valence-electron chi connectivity index (χ1n) is 11.6. The average Bonchev–Trinajstić information content (AvgIpc) is 3.60. The molecule has 1 aromatic carbocycles. The quantitative estimate of drug-likeness (QED) is 0.244. The zero-order chi connectivity index (χ0) is 25.1. The maximum absolute atomic E-state index is 13.2. The van der Waals surface area contributed by atoms with Gasteiger partial charge in [-0.2, -0.15) is 0 Å². The number of thiocarbonyl (C=S) groups is 1. The standard InChI is InChI=1S/C27H24N4O2S3/c1-2-19-7-3-9-22-20(16-30(25(19)22)17-24(32)29-14-21-8-5-11-35-21)12-23-26(33)31(27(34)36-23)15-18-6-4-10-28-13-18/h3-13,16H,2,14-15,17H2,1H3,(H,29,32)/b23-12-. The normalized spacial score (nSPS) is 14.8. The van der Waals surface area contributed by atoms with E-state index in [0.29, 0.717) is 22.3 Å². The minimum Gasteiger partial charge on any atom is -0.350 e. The maximum atomic E-state index is 13.2. The number of hydrogen-bond donors (Lipinski definition) is 1. The SMILES string of the molecule is CCc1cccc2c(/C=C3\SC(=S)N(Cc4cccnc4)C3=O)cn(CC(=O)NCc3cccs3)c12. The van der Waals surface area contributed by atoms with Gasteiger partial charge in [0.2, 0.25) is 5.91 Å². The zero-order valence-electron chi connectivity index (χ0n) is 19.6. The number of thioether (sulfide) groups is 1. The molecule has 0 aliphatic carbocycles. The van der Waals surface area contributed by atoms with E-state index in [9.17, 15) is 9.59 Å². The highest BCUT2D eigenvalue weighted by Gasteiger charge is 2.32. The van der Waals surface area contributed by atoms with Crippen LogP contribution in [0.5, 0.6) is 0 Å². The molecule has 1 saturated heterocycles. The molecule has 182 valence electrons. The smallest absolute Gasteiger partial charge is 0.266 e. The van der Waals surface area contributed by atoms with E-state index in [1.807, 2.05) is 58.6 Å². The average molecular weight is 533 g/mol. The molecular weight excluding hydrogens is 509 g/mol. The summed E-state index contributed by atoms with van der Waals surface area (Å²) >= 11 is 8.45. The second-order valence-corrected chi connectivity index (χ2v) is 11.1. The highest BCUT2D eigenvalue weighted by molar-refractivity contribution is 8.26. The summed E-state index contributed by atoms with van der Waals surface area (Å²) in [6.07, 6.45) is 8.14. The number of nitrogens with zero attached hydrogens (tertiary/aromatic N) is 3. The third-order valence-electron chi connectivity index (χ3n) is 5.97. The lowest BCUT2D eigenvalue weighted by Gasteiger charge is -2.13. The Morgan fingerprint density at radius 1 is 1.19 bits per heavy atom. The van der Waals surface area contributed by atoms with Crippen LogP contribution in [0.15, 0.2) is 71.3 Å². The molecule has 5 rings (SSSR count). The molecular formula is C27H24N4O2S3. The highest BCUT2D eigenvalue weighted by Crippen LogP contribution is 2.35. The molecule has 4 aromatic rings. The van der Waals surface area contributed by atoms with E-state index in [4.69, 9.17) is 12.2 Å². The third-order valence-corrected chi connectivity index (χ3v) is 8.23. The van der Waals surface area contributed by atoms with Crippen molar-refractivity contribution in [3.8, 4) is 0 Å². The molecule has 36 heavy (non-hydrogen) atoms. The molecule has 3 aromatic heterocycles. The lowest BCUT2D eigenvalue weighted by molar-refractivity contribution is -0.123. The number of fused-ring (bicyclic) bond motifs is 1. The minimum absolute atomic E-state index is 0.0550. The van der Waals surface area contributed by atoms with Crippen LogP contribution < -0.4 is 5.32 Å². The van der Waals surface area contributed by atoms with Gasteiger partial charge in [0.25, 0.3) is 5.91 Å². The summed E-state index contributed by atoms with van der Waals surface area (Å²) in [4.78, 5) is 33.4. The van der Waals surface area contributed by atoms with Crippen molar-refractivity contribution in [2.24, 2.45) is 0 Å². The molecule has 1 fully saturated rings. The Morgan fingerprint density at radius 2 is 2.08 bits per heavy atom. The molecule has 0 atom stereocenters. The fourth-order valence-corrected chi connectivity index (χ4v) is 6.14. The first kappa shape index (κ1) is 24.4. The van der Waals surface area contributed by atoms with E-state index in [1.165, 1.54) is 11.8 Å². The van der Waals surface area contributed by atoms with E-state index < -0.39 is 0 Å². The van der Waals surface area contributed by atoms with Gasteiger partial charge in [-0.1, -0.05) is 61.2 Å². The van der Waals surface area contributed by atoms with Crippen molar-refractivity contribution in [1.82, 2.24) is 19.8 Å². The second kappa shape index (κ2) is 10.8. The number of carbonyl (C=O) groups excluding carboxylic acids is 2. The second-order valence-electron chi connectivity index (χ2n) is 8.36. The number of hydrogen-bond acceptors (Lipinski definition) is 6. The molecule has 6 nitrogen and oxygen atoms in total. The lowest BCUT2D eigenvalue weighted by Crippen LogP contribution is -2.27. The van der Waals surface area contributed by atoms with Crippen LogP contribution in [0.1, 0.15) is 28.5 Å².